The molecule has 0 aliphatic heterocycles. The average molecular weight is 357 g/mol. The fourth-order valence-electron chi connectivity index (χ4n) is 2.75. The topological polar surface area (TPSA) is 60.3 Å². The van der Waals surface area contributed by atoms with Crippen molar-refractivity contribution in [2.45, 2.75) is 13.8 Å². The summed E-state index contributed by atoms with van der Waals surface area (Å²) in [6, 6.07) is 10.6. The number of carbonyl (C=O) groups is 2. The summed E-state index contributed by atoms with van der Waals surface area (Å²) in [7, 11) is 1.55. The summed E-state index contributed by atoms with van der Waals surface area (Å²) in [6.45, 7) is 3.37. The first kappa shape index (κ1) is 17.0. The van der Waals surface area contributed by atoms with Crippen molar-refractivity contribution in [2.24, 2.45) is 0 Å². The number of carbonyl (C=O) groups excluding carboxylic acids is 2. The standard InChI is InChI=1S/C19H17ClN2O3/c1-11-4-7-18(25-3)16(8-11)21-19(24)15-10-22(12(2)23)17-9-13(20)5-6-14(15)17/h4-10H,1-3H3,(H,21,24). The van der Waals surface area contributed by atoms with Gasteiger partial charge in [-0.15, -0.1) is 0 Å². The van der Waals surface area contributed by atoms with E-state index >= 15 is 0 Å². The molecule has 0 saturated carbocycles. The maximum Gasteiger partial charge on any atom is 0.257 e. The van der Waals surface area contributed by atoms with Crippen molar-refractivity contribution in [2.75, 3.05) is 12.4 Å². The first-order valence-electron chi connectivity index (χ1n) is 7.68. The van der Waals surface area contributed by atoms with Gasteiger partial charge in [-0.2, -0.15) is 0 Å². The van der Waals surface area contributed by atoms with Gasteiger partial charge in [-0.05, 0) is 36.8 Å². The van der Waals surface area contributed by atoms with Crippen LogP contribution in [0.3, 0.4) is 0 Å². The molecule has 0 spiro atoms. The SMILES string of the molecule is COc1ccc(C)cc1NC(=O)c1cn(C(C)=O)c2cc(Cl)ccc12. The molecular weight excluding hydrogens is 340 g/mol. The van der Waals surface area contributed by atoms with E-state index in [0.29, 0.717) is 32.9 Å². The summed E-state index contributed by atoms with van der Waals surface area (Å²) in [6.07, 6.45) is 1.53. The van der Waals surface area contributed by atoms with Gasteiger partial charge in [0.2, 0.25) is 5.91 Å². The molecule has 0 unspecified atom stereocenters. The van der Waals surface area contributed by atoms with Gasteiger partial charge in [-0.25, -0.2) is 0 Å². The van der Waals surface area contributed by atoms with E-state index < -0.39 is 0 Å². The first-order valence-corrected chi connectivity index (χ1v) is 8.06. The minimum absolute atomic E-state index is 0.195. The minimum Gasteiger partial charge on any atom is -0.495 e. The van der Waals surface area contributed by atoms with Crippen LogP contribution in [0, 0.1) is 6.92 Å². The summed E-state index contributed by atoms with van der Waals surface area (Å²) >= 11 is 6.03. The molecule has 0 atom stereocenters. The van der Waals surface area contributed by atoms with Crippen LogP contribution in [0.15, 0.2) is 42.6 Å². The second kappa shape index (κ2) is 6.61. The van der Waals surface area contributed by atoms with Gasteiger partial charge >= 0.3 is 0 Å². The molecule has 6 heteroatoms. The van der Waals surface area contributed by atoms with E-state index in [4.69, 9.17) is 16.3 Å². The Bertz CT molecular complexity index is 992. The predicted molar refractivity (Wildman–Crippen MR) is 98.9 cm³/mol. The molecule has 0 fully saturated rings. The number of amides is 1. The van der Waals surface area contributed by atoms with Crippen LogP contribution >= 0.6 is 11.6 Å². The molecule has 1 N–H and O–H groups in total. The number of hydrogen-bond donors (Lipinski definition) is 1. The van der Waals surface area contributed by atoms with Gasteiger partial charge in [0.05, 0.1) is 23.9 Å². The normalized spacial score (nSPS) is 10.7. The van der Waals surface area contributed by atoms with Crippen molar-refractivity contribution in [3.63, 3.8) is 0 Å². The Morgan fingerprint density at radius 1 is 1.16 bits per heavy atom. The number of hydrogen-bond acceptors (Lipinski definition) is 3. The lowest BCUT2D eigenvalue weighted by Gasteiger charge is -2.10. The van der Waals surface area contributed by atoms with Crippen molar-refractivity contribution >= 4 is 40.0 Å². The Kier molecular flexibility index (Phi) is 4.51. The van der Waals surface area contributed by atoms with Crippen LogP contribution in [0.1, 0.15) is 27.6 Å². The van der Waals surface area contributed by atoms with Gasteiger partial charge in [-0.3, -0.25) is 14.2 Å². The summed E-state index contributed by atoms with van der Waals surface area (Å²) in [5.74, 6) is 0.0491. The fourth-order valence-corrected chi connectivity index (χ4v) is 2.92. The van der Waals surface area contributed by atoms with Crippen LogP contribution in [-0.4, -0.2) is 23.5 Å². The van der Waals surface area contributed by atoms with Gasteiger partial charge in [0.1, 0.15) is 5.75 Å². The van der Waals surface area contributed by atoms with Gasteiger partial charge in [0.25, 0.3) is 5.91 Å². The lowest BCUT2D eigenvalue weighted by atomic mass is 10.1. The molecule has 3 rings (SSSR count). The number of ether oxygens (including phenoxy) is 1. The lowest BCUT2D eigenvalue weighted by Crippen LogP contribution is -2.13. The number of fused-ring (bicyclic) bond motifs is 1. The van der Waals surface area contributed by atoms with Crippen LogP contribution in [0.4, 0.5) is 5.69 Å². The molecule has 1 heterocycles. The second-order valence-electron chi connectivity index (χ2n) is 5.75. The zero-order valence-corrected chi connectivity index (χ0v) is 14.8. The fraction of sp³-hybridized carbons (Fsp3) is 0.158. The Morgan fingerprint density at radius 3 is 2.60 bits per heavy atom. The molecule has 128 valence electrons. The number of aromatic nitrogens is 1. The lowest BCUT2D eigenvalue weighted by molar-refractivity contribution is 0.0941. The van der Waals surface area contributed by atoms with E-state index in [1.54, 1.807) is 31.4 Å². The molecule has 0 aliphatic carbocycles. The van der Waals surface area contributed by atoms with Crippen LogP contribution in [0.5, 0.6) is 5.75 Å². The number of benzene rings is 2. The van der Waals surface area contributed by atoms with Crippen molar-refractivity contribution < 1.29 is 14.3 Å². The van der Waals surface area contributed by atoms with E-state index in [0.717, 1.165) is 5.56 Å². The highest BCUT2D eigenvalue weighted by atomic mass is 35.5. The predicted octanol–water partition coefficient (Wildman–Crippen LogP) is 4.52. The zero-order valence-electron chi connectivity index (χ0n) is 14.1. The van der Waals surface area contributed by atoms with E-state index in [2.05, 4.69) is 5.32 Å². The van der Waals surface area contributed by atoms with Crippen LogP contribution in [0.2, 0.25) is 5.02 Å². The molecule has 2 aromatic carbocycles. The van der Waals surface area contributed by atoms with Crippen LogP contribution in [-0.2, 0) is 0 Å². The van der Waals surface area contributed by atoms with E-state index in [-0.39, 0.29) is 11.8 Å². The first-order chi connectivity index (χ1) is 11.9. The maximum absolute atomic E-state index is 12.8. The number of methoxy groups -OCH3 is 1. The van der Waals surface area contributed by atoms with Gasteiger partial charge in [-0.1, -0.05) is 23.7 Å². The van der Waals surface area contributed by atoms with Crippen LogP contribution in [0.25, 0.3) is 10.9 Å². The number of nitrogens with one attached hydrogen (secondary N) is 1. The third kappa shape index (κ3) is 3.23. The number of aryl methyl sites for hydroxylation is 1. The highest BCUT2D eigenvalue weighted by Crippen LogP contribution is 2.29. The molecule has 3 aromatic rings. The molecule has 0 saturated heterocycles. The molecule has 1 amide bonds. The number of rotatable bonds is 3. The molecule has 0 radical (unpaired) electrons. The van der Waals surface area contributed by atoms with Gasteiger partial charge in [0, 0.05) is 23.5 Å². The average Bonchev–Trinajstić information content (AvgIpc) is 2.94. The summed E-state index contributed by atoms with van der Waals surface area (Å²) in [5.41, 5.74) is 2.56. The third-order valence-corrected chi connectivity index (χ3v) is 4.19. The Labute approximate surface area is 150 Å². The Morgan fingerprint density at radius 2 is 1.92 bits per heavy atom. The maximum atomic E-state index is 12.8. The zero-order chi connectivity index (χ0) is 18.1. The summed E-state index contributed by atoms with van der Waals surface area (Å²) in [4.78, 5) is 24.7. The van der Waals surface area contributed by atoms with Gasteiger partial charge in [0.15, 0.2) is 0 Å². The third-order valence-electron chi connectivity index (χ3n) is 3.95. The molecule has 0 bridgehead atoms. The second-order valence-corrected chi connectivity index (χ2v) is 6.19. The molecular formula is C19H17ClN2O3. The molecule has 25 heavy (non-hydrogen) atoms. The van der Waals surface area contributed by atoms with E-state index in [1.165, 1.54) is 17.7 Å². The summed E-state index contributed by atoms with van der Waals surface area (Å²) < 4.78 is 6.71. The van der Waals surface area contributed by atoms with Crippen LogP contribution < -0.4 is 10.1 Å². The van der Waals surface area contributed by atoms with E-state index in [9.17, 15) is 9.59 Å². The van der Waals surface area contributed by atoms with Crippen molar-refractivity contribution in [1.29, 1.82) is 0 Å². The molecule has 0 aliphatic rings. The smallest absolute Gasteiger partial charge is 0.257 e. The Hall–Kier alpha value is -2.79. The highest BCUT2D eigenvalue weighted by Gasteiger charge is 2.18. The molecule has 5 nitrogen and oxygen atoms in total. The van der Waals surface area contributed by atoms with Gasteiger partial charge < -0.3 is 10.1 Å². The quantitative estimate of drug-likeness (QED) is 0.750. The highest BCUT2D eigenvalue weighted by molar-refractivity contribution is 6.31. The van der Waals surface area contributed by atoms with Crippen molar-refractivity contribution in [3.8, 4) is 5.75 Å². The monoisotopic (exact) mass is 356 g/mol. The largest absolute Gasteiger partial charge is 0.495 e. The summed E-state index contributed by atoms with van der Waals surface area (Å²) in [5, 5.41) is 4.01. The molecule has 1 aromatic heterocycles. The Balaban J connectivity index is 2.06. The number of anilines is 1. The van der Waals surface area contributed by atoms with Crippen molar-refractivity contribution in [1.82, 2.24) is 4.57 Å². The van der Waals surface area contributed by atoms with Crippen molar-refractivity contribution in [3.05, 3.63) is 58.7 Å². The van der Waals surface area contributed by atoms with E-state index in [1.807, 2.05) is 19.1 Å². The minimum atomic E-state index is -0.323. The number of nitrogens with zero attached hydrogens (tertiary/aromatic N) is 1. The number of halogens is 1.